The Morgan fingerprint density at radius 1 is 1.15 bits per heavy atom. The molecule has 0 bridgehead atoms. The fourth-order valence-electron chi connectivity index (χ4n) is 3.26. The number of aromatic nitrogens is 1. The zero-order valence-corrected chi connectivity index (χ0v) is 16.0. The Balaban J connectivity index is 1.38. The second-order valence-corrected chi connectivity index (χ2v) is 7.41. The maximum Gasteiger partial charge on any atom is 0.236 e. The molecule has 1 fully saturated rings. The Bertz CT molecular complexity index is 852. The van der Waals surface area contributed by atoms with Crippen LogP contribution in [0.5, 0.6) is 5.75 Å². The van der Waals surface area contributed by atoms with Crippen molar-refractivity contribution in [1.29, 1.82) is 0 Å². The summed E-state index contributed by atoms with van der Waals surface area (Å²) in [5.41, 5.74) is 2.27. The largest absolute Gasteiger partial charge is 0.497 e. The van der Waals surface area contributed by atoms with Crippen molar-refractivity contribution in [2.75, 3.05) is 38.2 Å². The number of hydrogen-bond acceptors (Lipinski definition) is 6. The smallest absolute Gasteiger partial charge is 0.236 e. The molecule has 0 atom stereocenters. The predicted molar refractivity (Wildman–Crippen MR) is 105 cm³/mol. The number of anilines is 1. The van der Waals surface area contributed by atoms with Crippen molar-refractivity contribution in [3.63, 3.8) is 0 Å². The molecule has 26 heavy (non-hydrogen) atoms. The van der Waals surface area contributed by atoms with Gasteiger partial charge in [0.15, 0.2) is 0 Å². The lowest BCUT2D eigenvalue weighted by Gasteiger charge is -2.35. The minimum atomic E-state index is 0.738. The third kappa shape index (κ3) is 3.61. The molecular weight excluding hydrogens is 346 g/mol. The SMILES string of the molecule is COc1cccc(N2CCN(Cc3nc(-c4cccs4)oc3C)CC2)c1. The molecule has 5 nitrogen and oxygen atoms in total. The lowest BCUT2D eigenvalue weighted by Crippen LogP contribution is -2.46. The van der Waals surface area contributed by atoms with E-state index in [4.69, 9.17) is 14.1 Å². The third-order valence-electron chi connectivity index (χ3n) is 4.79. The molecule has 1 saturated heterocycles. The van der Waals surface area contributed by atoms with Crippen LogP contribution in [0.4, 0.5) is 5.69 Å². The molecule has 1 aliphatic rings. The number of rotatable bonds is 5. The molecule has 0 amide bonds. The number of aryl methyl sites for hydroxylation is 1. The highest BCUT2D eigenvalue weighted by Gasteiger charge is 2.20. The molecule has 0 spiro atoms. The van der Waals surface area contributed by atoms with Gasteiger partial charge in [0.1, 0.15) is 11.5 Å². The number of thiophene rings is 1. The molecule has 3 heterocycles. The van der Waals surface area contributed by atoms with E-state index >= 15 is 0 Å². The van der Waals surface area contributed by atoms with Gasteiger partial charge in [-0.2, -0.15) is 0 Å². The highest BCUT2D eigenvalue weighted by Crippen LogP contribution is 2.27. The first kappa shape index (κ1) is 17.1. The zero-order valence-electron chi connectivity index (χ0n) is 15.1. The van der Waals surface area contributed by atoms with Crippen molar-refractivity contribution in [3.05, 3.63) is 53.2 Å². The number of ether oxygens (including phenoxy) is 1. The molecular formula is C20H23N3O2S. The van der Waals surface area contributed by atoms with Gasteiger partial charge in [-0.05, 0) is 30.5 Å². The summed E-state index contributed by atoms with van der Waals surface area (Å²) in [5.74, 6) is 2.57. The quantitative estimate of drug-likeness (QED) is 0.679. The van der Waals surface area contributed by atoms with Gasteiger partial charge in [0.05, 0.1) is 17.7 Å². The highest BCUT2D eigenvalue weighted by molar-refractivity contribution is 7.13. The summed E-state index contributed by atoms with van der Waals surface area (Å²) in [5, 5.41) is 2.05. The summed E-state index contributed by atoms with van der Waals surface area (Å²) in [7, 11) is 1.71. The minimum Gasteiger partial charge on any atom is -0.497 e. The summed E-state index contributed by atoms with van der Waals surface area (Å²) in [4.78, 5) is 10.7. The first-order chi connectivity index (χ1) is 12.7. The summed E-state index contributed by atoms with van der Waals surface area (Å²) < 4.78 is 11.2. The minimum absolute atomic E-state index is 0.738. The van der Waals surface area contributed by atoms with Crippen LogP contribution in [0.25, 0.3) is 10.8 Å². The predicted octanol–water partition coefficient (Wildman–Crippen LogP) is 4.04. The maximum absolute atomic E-state index is 5.86. The van der Waals surface area contributed by atoms with Crippen LogP contribution in [0.3, 0.4) is 0 Å². The van der Waals surface area contributed by atoms with Crippen molar-refractivity contribution in [2.45, 2.75) is 13.5 Å². The fourth-order valence-corrected chi connectivity index (χ4v) is 3.91. The van der Waals surface area contributed by atoms with Crippen molar-refractivity contribution in [2.24, 2.45) is 0 Å². The zero-order chi connectivity index (χ0) is 17.9. The number of hydrogen-bond donors (Lipinski definition) is 0. The first-order valence-corrected chi connectivity index (χ1v) is 9.72. The van der Waals surface area contributed by atoms with Gasteiger partial charge in [0.2, 0.25) is 5.89 Å². The molecule has 1 aromatic carbocycles. The van der Waals surface area contributed by atoms with Crippen LogP contribution in [-0.4, -0.2) is 43.2 Å². The van der Waals surface area contributed by atoms with Crippen LogP contribution < -0.4 is 9.64 Å². The normalized spacial score (nSPS) is 15.4. The van der Waals surface area contributed by atoms with Crippen LogP contribution in [-0.2, 0) is 6.54 Å². The molecule has 3 aromatic rings. The van der Waals surface area contributed by atoms with Gasteiger partial charge in [0.25, 0.3) is 0 Å². The van der Waals surface area contributed by atoms with Gasteiger partial charge in [-0.1, -0.05) is 12.1 Å². The van der Waals surface area contributed by atoms with Crippen molar-refractivity contribution in [1.82, 2.24) is 9.88 Å². The number of oxazole rings is 1. The number of benzene rings is 1. The maximum atomic E-state index is 5.86. The molecule has 6 heteroatoms. The van der Waals surface area contributed by atoms with E-state index in [2.05, 4.69) is 21.9 Å². The van der Waals surface area contributed by atoms with Crippen LogP contribution in [0.2, 0.25) is 0 Å². The average molecular weight is 369 g/mol. The number of nitrogens with zero attached hydrogens (tertiary/aromatic N) is 3. The van der Waals surface area contributed by atoms with Crippen LogP contribution in [0, 0.1) is 6.92 Å². The van der Waals surface area contributed by atoms with Gasteiger partial charge in [0, 0.05) is 44.5 Å². The van der Waals surface area contributed by atoms with E-state index in [1.807, 2.05) is 36.6 Å². The Morgan fingerprint density at radius 3 is 2.73 bits per heavy atom. The number of piperazine rings is 1. The van der Waals surface area contributed by atoms with E-state index in [0.29, 0.717) is 0 Å². The van der Waals surface area contributed by atoms with E-state index in [9.17, 15) is 0 Å². The summed E-state index contributed by atoms with van der Waals surface area (Å²) in [6.45, 7) is 6.87. The lowest BCUT2D eigenvalue weighted by molar-refractivity contribution is 0.246. The van der Waals surface area contributed by atoms with E-state index in [1.165, 1.54) is 5.69 Å². The van der Waals surface area contributed by atoms with E-state index in [-0.39, 0.29) is 0 Å². The molecule has 0 saturated carbocycles. The van der Waals surface area contributed by atoms with Crippen molar-refractivity contribution >= 4 is 17.0 Å². The summed E-state index contributed by atoms with van der Waals surface area (Å²) >= 11 is 1.66. The van der Waals surface area contributed by atoms with Gasteiger partial charge in [-0.3, -0.25) is 4.90 Å². The third-order valence-corrected chi connectivity index (χ3v) is 5.65. The van der Waals surface area contributed by atoms with Crippen LogP contribution in [0.15, 0.2) is 46.2 Å². The van der Waals surface area contributed by atoms with Crippen molar-refractivity contribution in [3.8, 4) is 16.5 Å². The molecule has 0 unspecified atom stereocenters. The second kappa shape index (κ2) is 7.51. The topological polar surface area (TPSA) is 41.7 Å². The Labute approximate surface area is 157 Å². The average Bonchev–Trinajstić information content (AvgIpc) is 3.33. The van der Waals surface area contributed by atoms with E-state index in [1.54, 1.807) is 18.4 Å². The van der Waals surface area contributed by atoms with Gasteiger partial charge in [-0.15, -0.1) is 11.3 Å². The van der Waals surface area contributed by atoms with E-state index < -0.39 is 0 Å². The molecule has 0 N–H and O–H groups in total. The Hall–Kier alpha value is -2.31. The standard InChI is InChI=1S/C20H23N3O2S/c1-15-18(21-20(25-15)19-7-4-12-26-19)14-22-8-10-23(11-9-22)16-5-3-6-17(13-16)24-2/h3-7,12-13H,8-11,14H2,1-2H3. The Kier molecular flexibility index (Phi) is 4.95. The van der Waals surface area contributed by atoms with Gasteiger partial charge < -0.3 is 14.1 Å². The lowest BCUT2D eigenvalue weighted by atomic mass is 10.2. The molecule has 1 aliphatic heterocycles. The summed E-state index contributed by atoms with van der Waals surface area (Å²) in [6.07, 6.45) is 0. The monoisotopic (exact) mass is 369 g/mol. The first-order valence-electron chi connectivity index (χ1n) is 8.84. The van der Waals surface area contributed by atoms with E-state index in [0.717, 1.165) is 60.7 Å². The molecule has 2 aromatic heterocycles. The van der Waals surface area contributed by atoms with Crippen LogP contribution in [0.1, 0.15) is 11.5 Å². The summed E-state index contributed by atoms with van der Waals surface area (Å²) in [6, 6.07) is 12.4. The Morgan fingerprint density at radius 2 is 2.00 bits per heavy atom. The van der Waals surface area contributed by atoms with Crippen molar-refractivity contribution < 1.29 is 9.15 Å². The fraction of sp³-hybridized carbons (Fsp3) is 0.350. The molecule has 136 valence electrons. The van der Waals surface area contributed by atoms with Gasteiger partial charge >= 0.3 is 0 Å². The van der Waals surface area contributed by atoms with Gasteiger partial charge in [-0.25, -0.2) is 4.98 Å². The highest BCUT2D eigenvalue weighted by atomic mass is 32.1. The molecule has 0 radical (unpaired) electrons. The molecule has 0 aliphatic carbocycles. The number of methoxy groups -OCH3 is 1. The van der Waals surface area contributed by atoms with Crippen LogP contribution >= 0.6 is 11.3 Å². The second-order valence-electron chi connectivity index (χ2n) is 6.46. The molecule has 4 rings (SSSR count).